The molecule has 236 valence electrons. The molecular formula is C32H37F2N9O2. The Morgan fingerprint density at radius 3 is 2.69 bits per heavy atom. The van der Waals surface area contributed by atoms with E-state index in [9.17, 15) is 8.78 Å². The highest BCUT2D eigenvalue weighted by Gasteiger charge is 2.49. The third-order valence-electron chi connectivity index (χ3n) is 10.7. The molecule has 4 atom stereocenters. The summed E-state index contributed by atoms with van der Waals surface area (Å²) in [5, 5.41) is 6.89. The van der Waals surface area contributed by atoms with E-state index < -0.39 is 12.0 Å². The van der Waals surface area contributed by atoms with Crippen LogP contribution in [0.25, 0.3) is 33.3 Å². The second-order valence-corrected chi connectivity index (χ2v) is 13.4. The van der Waals surface area contributed by atoms with Gasteiger partial charge in [0.25, 0.3) is 6.01 Å². The monoisotopic (exact) mass is 617 g/mol. The molecule has 11 nitrogen and oxygen atoms in total. The Kier molecular flexibility index (Phi) is 6.15. The molecule has 1 saturated carbocycles. The van der Waals surface area contributed by atoms with Gasteiger partial charge in [0.2, 0.25) is 0 Å². The fourth-order valence-electron chi connectivity index (χ4n) is 8.56. The van der Waals surface area contributed by atoms with Crippen molar-refractivity contribution in [3.8, 4) is 17.1 Å². The zero-order valence-corrected chi connectivity index (χ0v) is 25.3. The summed E-state index contributed by atoms with van der Waals surface area (Å²) in [6, 6.07) is 3.88. The van der Waals surface area contributed by atoms with Crippen LogP contribution in [0.15, 0.2) is 16.5 Å². The quantitative estimate of drug-likeness (QED) is 0.273. The van der Waals surface area contributed by atoms with Crippen LogP contribution in [0.3, 0.4) is 0 Å². The van der Waals surface area contributed by atoms with Crippen molar-refractivity contribution in [3.63, 3.8) is 0 Å². The number of oxazole rings is 1. The molecule has 1 aromatic carbocycles. The van der Waals surface area contributed by atoms with Crippen LogP contribution in [-0.2, 0) is 0 Å². The lowest BCUT2D eigenvalue weighted by atomic mass is 9.94. The van der Waals surface area contributed by atoms with E-state index in [-0.39, 0.29) is 23.1 Å². The highest BCUT2D eigenvalue weighted by atomic mass is 19.1. The Morgan fingerprint density at radius 2 is 1.91 bits per heavy atom. The van der Waals surface area contributed by atoms with Crippen LogP contribution in [0, 0.1) is 5.82 Å². The molecule has 0 amide bonds. The number of halogens is 2. The molecule has 3 aromatic heterocycles. The number of nitrogens with zero attached hydrogens (tertiary/aromatic N) is 6. The Labute approximate surface area is 258 Å². The van der Waals surface area contributed by atoms with Crippen molar-refractivity contribution in [2.24, 2.45) is 0 Å². The third kappa shape index (κ3) is 4.26. The minimum atomic E-state index is -0.843. The number of fused-ring (bicyclic) bond motifs is 5. The Morgan fingerprint density at radius 1 is 1.09 bits per heavy atom. The number of hydrogen-bond donors (Lipinski definition) is 3. The third-order valence-corrected chi connectivity index (χ3v) is 10.7. The number of nitrogens with two attached hydrogens (primary N) is 1. The van der Waals surface area contributed by atoms with Gasteiger partial charge in [-0.15, -0.1) is 0 Å². The molecule has 13 heteroatoms. The molecule has 5 fully saturated rings. The molecule has 4 aliphatic heterocycles. The summed E-state index contributed by atoms with van der Waals surface area (Å²) in [5.41, 5.74) is 9.90. The highest BCUT2D eigenvalue weighted by Crippen LogP contribution is 2.52. The van der Waals surface area contributed by atoms with Gasteiger partial charge in [0.1, 0.15) is 35.1 Å². The molecule has 5 aliphatic rings. The van der Waals surface area contributed by atoms with Gasteiger partial charge >= 0.3 is 6.01 Å². The average Bonchev–Trinajstić information content (AvgIpc) is 3.46. The van der Waals surface area contributed by atoms with Crippen molar-refractivity contribution in [1.82, 2.24) is 30.2 Å². The van der Waals surface area contributed by atoms with Gasteiger partial charge in [-0.1, -0.05) is 0 Å². The smallest absolute Gasteiger partial charge is 0.319 e. The maximum Gasteiger partial charge on any atom is 0.319 e. The molecule has 4 saturated heterocycles. The van der Waals surface area contributed by atoms with E-state index in [4.69, 9.17) is 29.8 Å². The van der Waals surface area contributed by atoms with Crippen molar-refractivity contribution in [2.75, 3.05) is 55.8 Å². The fourth-order valence-corrected chi connectivity index (χ4v) is 8.56. The first-order valence-corrected chi connectivity index (χ1v) is 16.2. The second-order valence-electron chi connectivity index (χ2n) is 13.4. The zero-order chi connectivity index (χ0) is 30.4. The van der Waals surface area contributed by atoms with Crippen molar-refractivity contribution in [3.05, 3.63) is 23.5 Å². The van der Waals surface area contributed by atoms with E-state index in [1.54, 1.807) is 6.07 Å². The number of benzene rings is 1. The molecule has 0 radical (unpaired) electrons. The van der Waals surface area contributed by atoms with Crippen LogP contribution in [0.4, 0.5) is 26.4 Å². The summed E-state index contributed by atoms with van der Waals surface area (Å²) in [7, 11) is 1.84. The second kappa shape index (κ2) is 10.1. The maximum atomic E-state index is 14.8. The average molecular weight is 618 g/mol. The zero-order valence-electron chi connectivity index (χ0n) is 25.3. The molecular weight excluding hydrogens is 580 g/mol. The van der Waals surface area contributed by atoms with Gasteiger partial charge in [-0.05, 0) is 68.7 Å². The topological polar surface area (TPSA) is 130 Å². The van der Waals surface area contributed by atoms with Crippen molar-refractivity contribution in [1.29, 1.82) is 0 Å². The number of nitrogens with one attached hydrogen (secondary N) is 2. The van der Waals surface area contributed by atoms with Gasteiger partial charge in [0.05, 0.1) is 5.54 Å². The number of anilines is 3. The van der Waals surface area contributed by atoms with Crippen LogP contribution in [0.1, 0.15) is 56.4 Å². The fraction of sp³-hybridized carbons (Fsp3) is 0.562. The number of hydrogen-bond acceptors (Lipinski definition) is 11. The molecule has 2 unspecified atom stereocenters. The van der Waals surface area contributed by atoms with Crippen LogP contribution in [0.5, 0.6) is 6.01 Å². The van der Waals surface area contributed by atoms with Crippen LogP contribution < -0.4 is 26.0 Å². The molecule has 2 bridgehead atoms. The van der Waals surface area contributed by atoms with Crippen LogP contribution in [0.2, 0.25) is 0 Å². The van der Waals surface area contributed by atoms with Gasteiger partial charge in [0.15, 0.2) is 17.2 Å². The van der Waals surface area contributed by atoms with Crippen LogP contribution in [-0.4, -0.2) is 88.5 Å². The minimum Gasteiger partial charge on any atom is -0.461 e. The molecule has 1 aliphatic carbocycles. The van der Waals surface area contributed by atoms with Gasteiger partial charge in [-0.25, -0.2) is 13.8 Å². The number of nitrogen functional groups attached to an aromatic ring is 1. The minimum absolute atomic E-state index is 0.0155. The van der Waals surface area contributed by atoms with Crippen molar-refractivity contribution in [2.45, 2.75) is 74.7 Å². The molecule has 7 heterocycles. The molecule has 4 aromatic rings. The highest BCUT2D eigenvalue weighted by molar-refractivity contribution is 6.03. The van der Waals surface area contributed by atoms with Gasteiger partial charge in [-0.2, -0.15) is 15.0 Å². The first-order valence-electron chi connectivity index (χ1n) is 16.2. The number of rotatable bonds is 7. The number of aromatic nitrogens is 4. The number of pyridine rings is 1. The Balaban J connectivity index is 1.26. The molecule has 4 N–H and O–H groups in total. The largest absolute Gasteiger partial charge is 0.461 e. The first kappa shape index (κ1) is 27.5. The lowest BCUT2D eigenvalue weighted by Crippen LogP contribution is -2.52. The van der Waals surface area contributed by atoms with E-state index in [1.165, 1.54) is 6.07 Å². The van der Waals surface area contributed by atoms with Crippen LogP contribution >= 0.6 is 0 Å². The maximum absolute atomic E-state index is 14.8. The predicted octanol–water partition coefficient (Wildman–Crippen LogP) is 4.37. The van der Waals surface area contributed by atoms with E-state index in [2.05, 4.69) is 25.4 Å². The summed E-state index contributed by atoms with van der Waals surface area (Å²) in [5.74, 6) is 1.12. The standard InChI is InChI=1S/C32H37F2N9O2/c1-36-28-23(20-7-8-21(34)27-24(20)39-30(35)45-27)22(16-3-4-16)25-26(38-28)29(43-18-5-6-19(43)13-37-12-18)41-31(40-25)44-15-32-9-2-10-42(32)14-17(33)11-32/h7-8,16-19,37H,2-6,9-15H2,1H3,(H2,35,39)(H,36,38)/t17-,18?,19?,32+/m1/s1. The Hall–Kier alpha value is -3.84. The summed E-state index contributed by atoms with van der Waals surface area (Å²) < 4.78 is 41.4. The van der Waals surface area contributed by atoms with E-state index >= 15 is 0 Å². The molecule has 9 rings (SSSR count). The Bertz CT molecular complexity index is 1810. The lowest BCUT2D eigenvalue weighted by Gasteiger charge is -2.37. The number of piperazine rings is 1. The lowest BCUT2D eigenvalue weighted by molar-refractivity contribution is 0.107. The first-order chi connectivity index (χ1) is 21.9. The SMILES string of the molecule is CNc1nc2c(N3C4CCC3CNC4)nc(OC[C@@]34CCCN3C[C@H](F)C4)nc2c(C2CC2)c1-c1ccc(F)c2oc(N)nc12. The van der Waals surface area contributed by atoms with E-state index in [0.29, 0.717) is 54.6 Å². The van der Waals surface area contributed by atoms with E-state index in [0.717, 1.165) is 86.1 Å². The summed E-state index contributed by atoms with van der Waals surface area (Å²) in [4.78, 5) is 24.4. The summed E-state index contributed by atoms with van der Waals surface area (Å²) in [6.07, 6.45) is 5.70. The predicted molar refractivity (Wildman–Crippen MR) is 167 cm³/mol. The van der Waals surface area contributed by atoms with Gasteiger partial charge in [0, 0.05) is 56.3 Å². The molecule has 45 heavy (non-hydrogen) atoms. The van der Waals surface area contributed by atoms with Crippen molar-refractivity contribution < 1.29 is 17.9 Å². The number of alkyl halides is 1. The summed E-state index contributed by atoms with van der Waals surface area (Å²) >= 11 is 0. The van der Waals surface area contributed by atoms with E-state index in [1.807, 2.05) is 7.05 Å². The number of ether oxygens (including phenoxy) is 1. The molecule has 0 spiro atoms. The van der Waals surface area contributed by atoms with Gasteiger partial charge in [-0.3, -0.25) is 4.90 Å². The van der Waals surface area contributed by atoms with Gasteiger partial charge < -0.3 is 30.4 Å². The normalized spacial score (nSPS) is 28.0. The van der Waals surface area contributed by atoms with Crippen molar-refractivity contribution >= 4 is 39.8 Å². The summed E-state index contributed by atoms with van der Waals surface area (Å²) in [6.45, 7) is 3.45.